The van der Waals surface area contributed by atoms with E-state index >= 15 is 0 Å². The monoisotopic (exact) mass is 290 g/mol. The van der Waals surface area contributed by atoms with Gasteiger partial charge in [0, 0.05) is 6.54 Å². The SMILES string of the molecule is CCCN1C(=O)CC(NC(C(=O)O)c2ccccc2)C1=O. The third-order valence-corrected chi connectivity index (χ3v) is 3.44. The zero-order chi connectivity index (χ0) is 15.4. The first kappa shape index (κ1) is 15.2. The summed E-state index contributed by atoms with van der Waals surface area (Å²) in [6.07, 6.45) is 0.695. The van der Waals surface area contributed by atoms with Crippen LogP contribution in [0.2, 0.25) is 0 Å². The van der Waals surface area contributed by atoms with Crippen molar-refractivity contribution in [3.63, 3.8) is 0 Å². The van der Waals surface area contributed by atoms with Gasteiger partial charge >= 0.3 is 5.97 Å². The van der Waals surface area contributed by atoms with Crippen molar-refractivity contribution in [2.45, 2.75) is 31.8 Å². The molecule has 0 spiro atoms. The quantitative estimate of drug-likeness (QED) is 0.761. The molecule has 2 atom stereocenters. The number of imide groups is 1. The van der Waals surface area contributed by atoms with Crippen molar-refractivity contribution in [2.24, 2.45) is 0 Å². The molecule has 0 radical (unpaired) electrons. The molecule has 1 heterocycles. The van der Waals surface area contributed by atoms with E-state index in [-0.39, 0.29) is 18.2 Å². The number of hydrogen-bond donors (Lipinski definition) is 2. The van der Waals surface area contributed by atoms with Crippen LogP contribution in [0.25, 0.3) is 0 Å². The van der Waals surface area contributed by atoms with Crippen molar-refractivity contribution in [1.29, 1.82) is 0 Å². The van der Waals surface area contributed by atoms with Crippen molar-refractivity contribution in [2.75, 3.05) is 6.54 Å². The van der Waals surface area contributed by atoms with E-state index in [1.807, 2.05) is 6.92 Å². The van der Waals surface area contributed by atoms with Crippen LogP contribution in [-0.2, 0) is 14.4 Å². The average molecular weight is 290 g/mol. The molecule has 1 aliphatic heterocycles. The van der Waals surface area contributed by atoms with E-state index < -0.39 is 18.1 Å². The first-order valence-corrected chi connectivity index (χ1v) is 6.92. The fourth-order valence-electron chi connectivity index (χ4n) is 2.43. The lowest BCUT2D eigenvalue weighted by Crippen LogP contribution is -2.42. The molecule has 1 aromatic carbocycles. The molecule has 1 aromatic rings. The average Bonchev–Trinajstić information content (AvgIpc) is 2.73. The molecule has 2 unspecified atom stereocenters. The molecule has 1 fully saturated rings. The Morgan fingerprint density at radius 3 is 2.62 bits per heavy atom. The molecule has 0 aliphatic carbocycles. The predicted octanol–water partition coefficient (Wildman–Crippen LogP) is 0.939. The van der Waals surface area contributed by atoms with Gasteiger partial charge in [-0.15, -0.1) is 0 Å². The zero-order valence-electron chi connectivity index (χ0n) is 11.8. The van der Waals surface area contributed by atoms with Gasteiger partial charge in [0.15, 0.2) is 0 Å². The second-order valence-electron chi connectivity index (χ2n) is 4.99. The van der Waals surface area contributed by atoms with E-state index in [0.29, 0.717) is 18.5 Å². The summed E-state index contributed by atoms with van der Waals surface area (Å²) in [5.74, 6) is -1.67. The number of hydrogen-bond acceptors (Lipinski definition) is 4. The molecule has 1 aliphatic rings. The predicted molar refractivity (Wildman–Crippen MR) is 75.4 cm³/mol. The van der Waals surface area contributed by atoms with Crippen LogP contribution in [0.4, 0.5) is 0 Å². The van der Waals surface area contributed by atoms with Gasteiger partial charge in [-0.25, -0.2) is 0 Å². The Morgan fingerprint density at radius 2 is 2.05 bits per heavy atom. The lowest BCUT2D eigenvalue weighted by molar-refractivity contribution is -0.140. The zero-order valence-corrected chi connectivity index (χ0v) is 11.8. The first-order valence-electron chi connectivity index (χ1n) is 6.92. The molecule has 2 N–H and O–H groups in total. The topological polar surface area (TPSA) is 86.7 Å². The Kier molecular flexibility index (Phi) is 4.70. The lowest BCUT2D eigenvalue weighted by atomic mass is 10.1. The van der Waals surface area contributed by atoms with Crippen LogP contribution in [0.5, 0.6) is 0 Å². The number of carbonyl (C=O) groups is 3. The van der Waals surface area contributed by atoms with Crippen LogP contribution in [0.1, 0.15) is 31.4 Å². The molecule has 21 heavy (non-hydrogen) atoms. The van der Waals surface area contributed by atoms with Gasteiger partial charge in [-0.05, 0) is 12.0 Å². The Bertz CT molecular complexity index is 544. The van der Waals surface area contributed by atoms with E-state index in [9.17, 15) is 19.5 Å². The molecule has 6 heteroatoms. The highest BCUT2D eigenvalue weighted by molar-refractivity contribution is 6.05. The maximum atomic E-state index is 12.1. The summed E-state index contributed by atoms with van der Waals surface area (Å²) in [6, 6.07) is 6.83. The molecule has 6 nitrogen and oxygen atoms in total. The van der Waals surface area contributed by atoms with E-state index in [1.54, 1.807) is 30.3 Å². The van der Waals surface area contributed by atoms with Crippen LogP contribution in [-0.4, -0.2) is 40.4 Å². The first-order chi connectivity index (χ1) is 10.0. The van der Waals surface area contributed by atoms with Crippen molar-refractivity contribution in [1.82, 2.24) is 10.2 Å². The molecule has 2 rings (SSSR count). The summed E-state index contributed by atoms with van der Waals surface area (Å²) in [6.45, 7) is 2.25. The molecular formula is C15H18N2O4. The Balaban J connectivity index is 2.14. The molecule has 0 bridgehead atoms. The summed E-state index contributed by atoms with van der Waals surface area (Å²) in [5, 5.41) is 12.1. The van der Waals surface area contributed by atoms with Crippen LogP contribution in [0.3, 0.4) is 0 Å². The number of rotatable bonds is 6. The second-order valence-corrected chi connectivity index (χ2v) is 4.99. The van der Waals surface area contributed by atoms with Gasteiger partial charge in [0.1, 0.15) is 6.04 Å². The van der Waals surface area contributed by atoms with Gasteiger partial charge in [-0.2, -0.15) is 0 Å². The molecule has 2 amide bonds. The Labute approximate surface area is 122 Å². The summed E-state index contributed by atoms with van der Waals surface area (Å²) in [5.41, 5.74) is 0.555. The van der Waals surface area contributed by atoms with E-state index in [4.69, 9.17) is 0 Å². The van der Waals surface area contributed by atoms with Gasteiger partial charge in [0.25, 0.3) is 0 Å². The van der Waals surface area contributed by atoms with Crippen molar-refractivity contribution in [3.8, 4) is 0 Å². The van der Waals surface area contributed by atoms with Gasteiger partial charge in [-0.3, -0.25) is 24.6 Å². The van der Waals surface area contributed by atoms with Crippen molar-refractivity contribution < 1.29 is 19.5 Å². The number of aliphatic carboxylic acids is 1. The molecule has 1 saturated heterocycles. The number of carbonyl (C=O) groups excluding carboxylic acids is 2. The highest BCUT2D eigenvalue weighted by atomic mass is 16.4. The van der Waals surface area contributed by atoms with E-state index in [1.165, 1.54) is 4.90 Å². The Hall–Kier alpha value is -2.21. The van der Waals surface area contributed by atoms with Crippen LogP contribution in [0, 0.1) is 0 Å². The number of amides is 2. The van der Waals surface area contributed by atoms with Gasteiger partial charge in [0.05, 0.1) is 12.5 Å². The summed E-state index contributed by atoms with van der Waals surface area (Å²) in [7, 11) is 0. The summed E-state index contributed by atoms with van der Waals surface area (Å²) in [4.78, 5) is 36.5. The maximum absolute atomic E-state index is 12.1. The minimum atomic E-state index is -1.07. The Morgan fingerprint density at radius 1 is 1.38 bits per heavy atom. The van der Waals surface area contributed by atoms with Gasteiger partial charge in [0.2, 0.25) is 11.8 Å². The standard InChI is InChI=1S/C15H18N2O4/c1-2-8-17-12(18)9-11(14(17)19)16-13(15(20)21)10-6-4-3-5-7-10/h3-7,11,13,16H,2,8-9H2,1H3,(H,20,21). The van der Waals surface area contributed by atoms with Crippen LogP contribution >= 0.6 is 0 Å². The van der Waals surface area contributed by atoms with E-state index in [2.05, 4.69) is 5.32 Å². The van der Waals surface area contributed by atoms with Crippen molar-refractivity contribution in [3.05, 3.63) is 35.9 Å². The highest BCUT2D eigenvalue weighted by Gasteiger charge is 2.40. The third kappa shape index (κ3) is 3.28. The second kappa shape index (κ2) is 6.49. The van der Waals surface area contributed by atoms with Crippen LogP contribution < -0.4 is 5.32 Å². The smallest absolute Gasteiger partial charge is 0.325 e. The van der Waals surface area contributed by atoms with Crippen LogP contribution in [0.15, 0.2) is 30.3 Å². The normalized spacial score (nSPS) is 19.9. The number of carboxylic acids is 1. The van der Waals surface area contributed by atoms with Gasteiger partial charge < -0.3 is 5.11 Å². The minimum absolute atomic E-state index is 0.00937. The van der Waals surface area contributed by atoms with Gasteiger partial charge in [-0.1, -0.05) is 37.3 Å². The molecular weight excluding hydrogens is 272 g/mol. The number of likely N-dealkylation sites (tertiary alicyclic amines) is 1. The maximum Gasteiger partial charge on any atom is 0.325 e. The molecule has 0 saturated carbocycles. The molecule has 0 aromatic heterocycles. The number of nitrogens with zero attached hydrogens (tertiary/aromatic N) is 1. The number of benzene rings is 1. The fraction of sp³-hybridized carbons (Fsp3) is 0.400. The summed E-state index contributed by atoms with van der Waals surface area (Å²) >= 11 is 0. The van der Waals surface area contributed by atoms with Crippen molar-refractivity contribution >= 4 is 17.8 Å². The van der Waals surface area contributed by atoms with E-state index in [0.717, 1.165) is 0 Å². The largest absolute Gasteiger partial charge is 0.480 e. The lowest BCUT2D eigenvalue weighted by Gasteiger charge is -2.19. The third-order valence-electron chi connectivity index (χ3n) is 3.44. The number of carboxylic acid groups (broad SMARTS) is 1. The fourth-order valence-corrected chi connectivity index (χ4v) is 2.43. The number of nitrogens with one attached hydrogen (secondary N) is 1. The summed E-state index contributed by atoms with van der Waals surface area (Å²) < 4.78 is 0. The highest BCUT2D eigenvalue weighted by Crippen LogP contribution is 2.19. The minimum Gasteiger partial charge on any atom is -0.480 e. The molecule has 112 valence electrons.